The number of rotatable bonds is 6. The van der Waals surface area contributed by atoms with Gasteiger partial charge in [-0.15, -0.1) is 0 Å². The van der Waals surface area contributed by atoms with Gasteiger partial charge in [0.25, 0.3) is 5.92 Å². The number of nitrogens with zero attached hydrogens (tertiary/aromatic N) is 3. The Balaban J connectivity index is 1.63. The quantitative estimate of drug-likeness (QED) is 0.175. The number of carbonyl (C=O) groups excluding carboxylic acids is 1. The van der Waals surface area contributed by atoms with E-state index in [9.17, 15) is 26.7 Å². The molecule has 0 radical (unpaired) electrons. The van der Waals surface area contributed by atoms with E-state index in [1.807, 2.05) is 25.1 Å². The van der Waals surface area contributed by atoms with Crippen LogP contribution in [0, 0.1) is 0 Å². The van der Waals surface area contributed by atoms with E-state index in [-0.39, 0.29) is 35.1 Å². The fraction of sp³-hybridized carbons (Fsp3) is 0.469. The van der Waals surface area contributed by atoms with Crippen LogP contribution in [0.5, 0.6) is 0 Å². The number of aliphatic imine (C=N–C) groups is 1. The highest BCUT2D eigenvalue weighted by Gasteiger charge is 2.38. The topological polar surface area (TPSA) is 71.3 Å². The Morgan fingerprint density at radius 1 is 1.07 bits per heavy atom. The van der Waals surface area contributed by atoms with Crippen molar-refractivity contribution < 1.29 is 26.7 Å². The van der Waals surface area contributed by atoms with Crippen molar-refractivity contribution in [2.45, 2.75) is 97.1 Å². The molecule has 1 aliphatic rings. The summed E-state index contributed by atoms with van der Waals surface area (Å²) in [5, 5.41) is 11.7. The first kappa shape index (κ1) is 32.3. The summed E-state index contributed by atoms with van der Waals surface area (Å²) in [6, 6.07) is 7.88. The number of hydrogen-bond acceptors (Lipinski definition) is 4. The van der Waals surface area contributed by atoms with Gasteiger partial charge >= 0.3 is 6.18 Å². The summed E-state index contributed by atoms with van der Waals surface area (Å²) in [4.78, 5) is 17.0. The zero-order chi connectivity index (χ0) is 32.0. The van der Waals surface area contributed by atoms with E-state index in [0.29, 0.717) is 24.3 Å². The van der Waals surface area contributed by atoms with Crippen LogP contribution in [0.15, 0.2) is 53.2 Å². The maximum Gasteiger partial charge on any atom is 0.416 e. The summed E-state index contributed by atoms with van der Waals surface area (Å²) in [7, 11) is 0. The van der Waals surface area contributed by atoms with Gasteiger partial charge in [0, 0.05) is 42.1 Å². The summed E-state index contributed by atoms with van der Waals surface area (Å²) in [6.45, 7) is 12.3. The molecule has 0 aliphatic carbocycles. The van der Waals surface area contributed by atoms with Crippen molar-refractivity contribution in [2.75, 3.05) is 0 Å². The number of fused-ring (bicyclic) bond motifs is 1. The lowest BCUT2D eigenvalue weighted by Crippen LogP contribution is -2.59. The standard InChI is InChI=1S/C32H38F5N5O/c1-19(28(38-20(2)43)39-25-15-29(3,4)41-30(5,6)16-25)12-21-8-11-27-23(13-21)18-42(40-27)17-22-9-10-24(32(35,36)37)14-26(22)31(7,33)34/h8-14,18,25,41H,15-17H2,1-7H3,(H,38,39,43)/b19-12+. The Kier molecular flexibility index (Phi) is 8.63. The average molecular weight is 604 g/mol. The first-order chi connectivity index (χ1) is 19.7. The summed E-state index contributed by atoms with van der Waals surface area (Å²) >= 11 is 0. The van der Waals surface area contributed by atoms with E-state index in [1.54, 1.807) is 12.3 Å². The summed E-state index contributed by atoms with van der Waals surface area (Å²) in [5.41, 5.74) is 0.166. The molecule has 0 bridgehead atoms. The van der Waals surface area contributed by atoms with Crippen molar-refractivity contribution in [1.82, 2.24) is 20.4 Å². The number of amidine groups is 1. The van der Waals surface area contributed by atoms with Gasteiger partial charge in [-0.2, -0.15) is 18.3 Å². The van der Waals surface area contributed by atoms with Crippen molar-refractivity contribution in [3.05, 3.63) is 70.4 Å². The van der Waals surface area contributed by atoms with Crippen LogP contribution in [-0.4, -0.2) is 38.6 Å². The lowest BCUT2D eigenvalue weighted by Gasteiger charge is -2.45. The second-order valence-electron chi connectivity index (χ2n) is 12.8. The molecule has 4 rings (SSSR count). The number of nitrogens with one attached hydrogen (secondary N) is 2. The lowest BCUT2D eigenvalue weighted by molar-refractivity contribution is -0.137. The minimum Gasteiger partial charge on any atom is -0.311 e. The maximum atomic E-state index is 14.3. The van der Waals surface area contributed by atoms with Crippen LogP contribution in [0.4, 0.5) is 22.0 Å². The van der Waals surface area contributed by atoms with Gasteiger partial charge in [-0.05, 0) is 94.5 Å². The van der Waals surface area contributed by atoms with Crippen molar-refractivity contribution in [2.24, 2.45) is 4.99 Å². The molecule has 6 nitrogen and oxygen atoms in total. The summed E-state index contributed by atoms with van der Waals surface area (Å²) in [5.74, 6) is -3.20. The molecule has 0 saturated carbocycles. The van der Waals surface area contributed by atoms with Gasteiger partial charge in [0.2, 0.25) is 5.91 Å². The third-order valence-corrected chi connectivity index (χ3v) is 7.35. The third-order valence-electron chi connectivity index (χ3n) is 7.35. The molecular formula is C32H38F5N5O. The smallest absolute Gasteiger partial charge is 0.311 e. The van der Waals surface area contributed by atoms with Gasteiger partial charge < -0.3 is 10.6 Å². The number of amides is 1. The molecule has 2 N–H and O–H groups in total. The van der Waals surface area contributed by atoms with Crippen LogP contribution in [0.1, 0.15) is 83.6 Å². The molecule has 1 aromatic heterocycles. The fourth-order valence-electron chi connectivity index (χ4n) is 6.00. The molecule has 0 unspecified atom stereocenters. The number of carbonyl (C=O) groups is 1. The molecule has 43 heavy (non-hydrogen) atoms. The molecule has 0 atom stereocenters. The third kappa shape index (κ3) is 8.28. The number of alkyl halides is 5. The monoisotopic (exact) mass is 603 g/mol. The normalized spacial score (nSPS) is 18.2. The molecule has 3 aromatic rings. The Morgan fingerprint density at radius 3 is 2.30 bits per heavy atom. The molecule has 2 heterocycles. The van der Waals surface area contributed by atoms with E-state index >= 15 is 0 Å². The molecule has 11 heteroatoms. The van der Waals surface area contributed by atoms with Gasteiger partial charge in [-0.3, -0.25) is 14.5 Å². The number of halogens is 5. The zero-order valence-corrected chi connectivity index (χ0v) is 25.5. The minimum absolute atomic E-state index is 0.00255. The van der Waals surface area contributed by atoms with E-state index in [2.05, 4.69) is 43.4 Å². The fourth-order valence-corrected chi connectivity index (χ4v) is 6.00. The number of aromatic nitrogens is 2. The average Bonchev–Trinajstić information content (AvgIpc) is 3.21. The van der Waals surface area contributed by atoms with Crippen molar-refractivity contribution >= 4 is 28.7 Å². The van der Waals surface area contributed by atoms with Crippen LogP contribution in [-0.2, 0) is 23.4 Å². The van der Waals surface area contributed by atoms with Gasteiger partial charge in [-0.1, -0.05) is 12.1 Å². The van der Waals surface area contributed by atoms with Crippen molar-refractivity contribution in [1.29, 1.82) is 0 Å². The van der Waals surface area contributed by atoms with Gasteiger partial charge in [0.15, 0.2) is 0 Å². The molecule has 1 aliphatic heterocycles. The zero-order valence-electron chi connectivity index (χ0n) is 25.5. The highest BCUT2D eigenvalue weighted by Crippen LogP contribution is 2.37. The molecule has 0 spiro atoms. The van der Waals surface area contributed by atoms with E-state index in [1.165, 1.54) is 11.6 Å². The molecule has 1 saturated heterocycles. The predicted octanol–water partition coefficient (Wildman–Crippen LogP) is 7.46. The highest BCUT2D eigenvalue weighted by molar-refractivity contribution is 6.09. The first-order valence-corrected chi connectivity index (χ1v) is 14.1. The Labute approximate surface area is 248 Å². The molecule has 2 aromatic carbocycles. The second-order valence-corrected chi connectivity index (χ2v) is 12.8. The Hall–Kier alpha value is -3.60. The van der Waals surface area contributed by atoms with Crippen LogP contribution in [0.25, 0.3) is 17.0 Å². The minimum atomic E-state index is -4.73. The van der Waals surface area contributed by atoms with E-state index in [4.69, 9.17) is 4.99 Å². The summed E-state index contributed by atoms with van der Waals surface area (Å²) in [6.07, 6.45) is 0.450. The molecule has 232 valence electrons. The van der Waals surface area contributed by atoms with Crippen molar-refractivity contribution in [3.63, 3.8) is 0 Å². The maximum absolute atomic E-state index is 14.3. The molecular weight excluding hydrogens is 565 g/mol. The van der Waals surface area contributed by atoms with Crippen LogP contribution in [0.3, 0.4) is 0 Å². The SMILES string of the molecule is CC(=O)NC(=NC1CC(C)(C)NC(C)(C)C1)/C(C)=C/c1ccc2nn(Cc3ccc(C(F)(F)F)cc3C(C)(F)F)cc2c1. The molecule has 1 fully saturated rings. The van der Waals surface area contributed by atoms with Crippen LogP contribution >= 0.6 is 0 Å². The Bertz CT molecular complexity index is 1560. The van der Waals surface area contributed by atoms with Gasteiger partial charge in [0.1, 0.15) is 5.84 Å². The van der Waals surface area contributed by atoms with E-state index < -0.39 is 23.2 Å². The number of hydrogen-bond donors (Lipinski definition) is 2. The van der Waals surface area contributed by atoms with Crippen molar-refractivity contribution in [3.8, 4) is 0 Å². The summed E-state index contributed by atoms with van der Waals surface area (Å²) < 4.78 is 69.5. The van der Waals surface area contributed by atoms with E-state index in [0.717, 1.165) is 41.5 Å². The predicted molar refractivity (Wildman–Crippen MR) is 159 cm³/mol. The lowest BCUT2D eigenvalue weighted by atomic mass is 9.80. The van der Waals surface area contributed by atoms with Crippen LogP contribution < -0.4 is 10.6 Å². The second kappa shape index (κ2) is 11.5. The van der Waals surface area contributed by atoms with Gasteiger partial charge in [-0.25, -0.2) is 8.78 Å². The van der Waals surface area contributed by atoms with Gasteiger partial charge in [0.05, 0.1) is 23.7 Å². The number of benzene rings is 2. The molecule has 1 amide bonds. The Morgan fingerprint density at radius 2 is 1.72 bits per heavy atom. The largest absolute Gasteiger partial charge is 0.416 e. The van der Waals surface area contributed by atoms with Crippen LogP contribution in [0.2, 0.25) is 0 Å². The first-order valence-electron chi connectivity index (χ1n) is 14.1. The number of piperidine rings is 1. The highest BCUT2D eigenvalue weighted by atomic mass is 19.4.